The van der Waals surface area contributed by atoms with Crippen molar-refractivity contribution in [3.63, 3.8) is 0 Å². The Balaban J connectivity index is 1.79. The lowest BCUT2D eigenvalue weighted by molar-refractivity contribution is 0.145. The van der Waals surface area contributed by atoms with E-state index in [1.54, 1.807) is 0 Å². The van der Waals surface area contributed by atoms with Gasteiger partial charge in [-0.25, -0.2) is 4.68 Å². The van der Waals surface area contributed by atoms with Gasteiger partial charge in [-0.3, -0.25) is 9.69 Å². The fourth-order valence-electron chi connectivity index (χ4n) is 4.53. The first kappa shape index (κ1) is 24.8. The SMILES string of the molecule is CCCC(c1nnnn1C(C)(C)CC)N(Cc1ccccc1)Cc1cc2cc(C)ccc2[nH]c1=O. The van der Waals surface area contributed by atoms with Crippen LogP contribution in [0.3, 0.4) is 0 Å². The Kier molecular flexibility index (Phi) is 7.45. The Morgan fingerprint density at radius 2 is 1.83 bits per heavy atom. The largest absolute Gasteiger partial charge is 0.322 e. The van der Waals surface area contributed by atoms with E-state index in [1.165, 1.54) is 11.1 Å². The van der Waals surface area contributed by atoms with Crippen LogP contribution in [0.2, 0.25) is 0 Å². The van der Waals surface area contributed by atoms with Gasteiger partial charge >= 0.3 is 0 Å². The van der Waals surface area contributed by atoms with Gasteiger partial charge in [0.05, 0.1) is 11.6 Å². The standard InChI is InChI=1S/C28H36N6O/c1-6-11-25(26-30-31-32-34(26)28(4,5)7-2)33(18-21-12-9-8-10-13-21)19-23-17-22-16-20(3)14-15-24(22)29-27(23)35/h8-10,12-17,25H,6-7,11,18-19H2,1-5H3,(H,29,35). The summed E-state index contributed by atoms with van der Waals surface area (Å²) in [4.78, 5) is 18.5. The van der Waals surface area contributed by atoms with Crippen LogP contribution in [-0.4, -0.2) is 30.1 Å². The quantitative estimate of drug-likeness (QED) is 0.329. The summed E-state index contributed by atoms with van der Waals surface area (Å²) >= 11 is 0. The fraction of sp³-hybridized carbons (Fsp3) is 0.429. The van der Waals surface area contributed by atoms with Gasteiger partial charge in [-0.15, -0.1) is 5.10 Å². The minimum Gasteiger partial charge on any atom is -0.322 e. The van der Waals surface area contributed by atoms with Crippen molar-refractivity contribution in [2.45, 2.75) is 78.6 Å². The molecule has 1 unspecified atom stereocenters. The highest BCUT2D eigenvalue weighted by molar-refractivity contribution is 5.79. The molecule has 1 N–H and O–H groups in total. The number of tetrazole rings is 1. The first-order chi connectivity index (χ1) is 16.8. The lowest BCUT2D eigenvalue weighted by atomic mass is 10.00. The average Bonchev–Trinajstić information content (AvgIpc) is 3.34. The van der Waals surface area contributed by atoms with Crippen LogP contribution in [0.1, 0.15) is 75.5 Å². The van der Waals surface area contributed by atoms with Gasteiger partial charge in [0.2, 0.25) is 0 Å². The highest BCUT2D eigenvalue weighted by atomic mass is 16.1. The number of hydrogen-bond acceptors (Lipinski definition) is 5. The molecule has 0 amide bonds. The molecule has 7 heteroatoms. The topological polar surface area (TPSA) is 79.7 Å². The molecule has 0 aliphatic carbocycles. The van der Waals surface area contributed by atoms with E-state index in [0.29, 0.717) is 13.1 Å². The summed E-state index contributed by atoms with van der Waals surface area (Å²) in [6.45, 7) is 11.9. The van der Waals surface area contributed by atoms with Crippen LogP contribution in [-0.2, 0) is 18.6 Å². The Morgan fingerprint density at radius 1 is 1.06 bits per heavy atom. The first-order valence-electron chi connectivity index (χ1n) is 12.5. The van der Waals surface area contributed by atoms with Gasteiger partial charge in [0.25, 0.3) is 5.56 Å². The molecular formula is C28H36N6O. The van der Waals surface area contributed by atoms with E-state index < -0.39 is 0 Å². The van der Waals surface area contributed by atoms with Crippen molar-refractivity contribution in [2.75, 3.05) is 0 Å². The zero-order valence-corrected chi connectivity index (χ0v) is 21.5. The number of H-pyrrole nitrogens is 1. The molecule has 4 aromatic rings. The smallest absolute Gasteiger partial charge is 0.252 e. The van der Waals surface area contributed by atoms with E-state index in [4.69, 9.17) is 0 Å². The van der Waals surface area contributed by atoms with Crippen LogP contribution in [0, 0.1) is 6.92 Å². The van der Waals surface area contributed by atoms with Crippen molar-refractivity contribution in [2.24, 2.45) is 0 Å². The molecule has 0 saturated heterocycles. The number of benzene rings is 2. The minimum atomic E-state index is -0.207. The van der Waals surface area contributed by atoms with Crippen molar-refractivity contribution >= 4 is 10.9 Å². The molecule has 0 fully saturated rings. The summed E-state index contributed by atoms with van der Waals surface area (Å²) in [5.41, 5.74) is 3.70. The highest BCUT2D eigenvalue weighted by Gasteiger charge is 2.31. The maximum Gasteiger partial charge on any atom is 0.252 e. The van der Waals surface area contributed by atoms with Gasteiger partial charge in [0, 0.05) is 24.2 Å². The summed E-state index contributed by atoms with van der Waals surface area (Å²) in [5.74, 6) is 0.850. The third-order valence-electron chi connectivity index (χ3n) is 6.91. The predicted molar refractivity (Wildman–Crippen MR) is 140 cm³/mol. The van der Waals surface area contributed by atoms with Crippen LogP contribution < -0.4 is 5.56 Å². The number of pyridine rings is 1. The number of aromatic amines is 1. The molecule has 0 spiro atoms. The van der Waals surface area contributed by atoms with Gasteiger partial charge in [-0.2, -0.15) is 0 Å². The van der Waals surface area contributed by atoms with E-state index in [9.17, 15) is 4.79 Å². The number of fused-ring (bicyclic) bond motifs is 1. The van der Waals surface area contributed by atoms with Crippen LogP contribution >= 0.6 is 0 Å². The normalized spacial score (nSPS) is 13.0. The van der Waals surface area contributed by atoms with Crippen LogP contribution in [0.5, 0.6) is 0 Å². The molecule has 1 atom stereocenters. The molecular weight excluding hydrogens is 436 g/mol. The number of hydrogen-bond donors (Lipinski definition) is 1. The fourth-order valence-corrected chi connectivity index (χ4v) is 4.53. The predicted octanol–water partition coefficient (Wildman–Crippen LogP) is 5.51. The molecule has 0 saturated carbocycles. The Hall–Kier alpha value is -3.32. The van der Waals surface area contributed by atoms with Crippen molar-refractivity contribution < 1.29 is 0 Å². The monoisotopic (exact) mass is 472 g/mol. The molecule has 7 nitrogen and oxygen atoms in total. The van der Waals surface area contributed by atoms with E-state index in [1.807, 2.05) is 28.9 Å². The summed E-state index contributed by atoms with van der Waals surface area (Å²) in [7, 11) is 0. The first-order valence-corrected chi connectivity index (χ1v) is 12.5. The maximum atomic E-state index is 13.1. The van der Waals surface area contributed by atoms with Crippen LogP contribution in [0.15, 0.2) is 59.4 Å². The Labute approximate surface area is 207 Å². The van der Waals surface area contributed by atoms with Crippen molar-refractivity contribution in [1.82, 2.24) is 30.1 Å². The number of rotatable bonds is 10. The molecule has 4 rings (SSSR count). The second kappa shape index (κ2) is 10.5. The highest BCUT2D eigenvalue weighted by Crippen LogP contribution is 2.31. The van der Waals surface area contributed by atoms with E-state index in [0.717, 1.165) is 41.6 Å². The van der Waals surface area contributed by atoms with E-state index >= 15 is 0 Å². The zero-order chi connectivity index (χ0) is 25.0. The van der Waals surface area contributed by atoms with Gasteiger partial charge in [0.1, 0.15) is 0 Å². The third-order valence-corrected chi connectivity index (χ3v) is 6.91. The molecule has 35 heavy (non-hydrogen) atoms. The molecule has 2 heterocycles. The molecule has 184 valence electrons. The number of aromatic nitrogens is 5. The molecule has 0 aliphatic heterocycles. The lowest BCUT2D eigenvalue weighted by Crippen LogP contribution is -2.36. The molecule has 2 aromatic carbocycles. The summed E-state index contributed by atoms with van der Waals surface area (Å²) in [5, 5.41) is 14.0. The Morgan fingerprint density at radius 3 is 2.54 bits per heavy atom. The lowest BCUT2D eigenvalue weighted by Gasteiger charge is -2.33. The second-order valence-electron chi connectivity index (χ2n) is 10.0. The molecule has 0 bridgehead atoms. The average molecular weight is 473 g/mol. The third kappa shape index (κ3) is 5.51. The van der Waals surface area contributed by atoms with Gasteiger partial charge in [-0.1, -0.05) is 62.2 Å². The van der Waals surface area contributed by atoms with Crippen molar-refractivity contribution in [3.05, 3.63) is 87.5 Å². The number of aryl methyl sites for hydroxylation is 1. The summed E-state index contributed by atoms with van der Waals surface area (Å²) < 4.78 is 1.97. The van der Waals surface area contributed by atoms with Gasteiger partial charge in [-0.05, 0) is 73.2 Å². The van der Waals surface area contributed by atoms with E-state index in [2.05, 4.69) is 90.4 Å². The van der Waals surface area contributed by atoms with Crippen molar-refractivity contribution in [3.8, 4) is 0 Å². The molecule has 2 aromatic heterocycles. The Bertz CT molecular complexity index is 1320. The van der Waals surface area contributed by atoms with Gasteiger partial charge < -0.3 is 4.98 Å². The minimum absolute atomic E-state index is 0.0337. The molecule has 0 radical (unpaired) electrons. The summed E-state index contributed by atoms with van der Waals surface area (Å²) in [6.07, 6.45) is 2.77. The second-order valence-corrected chi connectivity index (χ2v) is 10.0. The molecule has 0 aliphatic rings. The van der Waals surface area contributed by atoms with Crippen LogP contribution in [0.4, 0.5) is 0 Å². The summed E-state index contributed by atoms with van der Waals surface area (Å²) in [6, 6.07) is 18.5. The number of nitrogens with zero attached hydrogens (tertiary/aromatic N) is 5. The number of nitrogens with one attached hydrogen (secondary N) is 1. The van der Waals surface area contributed by atoms with Crippen LogP contribution in [0.25, 0.3) is 10.9 Å². The van der Waals surface area contributed by atoms with Gasteiger partial charge in [0.15, 0.2) is 5.82 Å². The maximum absolute atomic E-state index is 13.1. The van der Waals surface area contributed by atoms with Crippen molar-refractivity contribution in [1.29, 1.82) is 0 Å². The zero-order valence-electron chi connectivity index (χ0n) is 21.5. The van der Waals surface area contributed by atoms with E-state index in [-0.39, 0.29) is 17.1 Å².